The first-order valence-electron chi connectivity index (χ1n) is 6.02. The molecular formula is C15H5ClF3NS. The van der Waals surface area contributed by atoms with Crippen LogP contribution in [0.5, 0.6) is 0 Å². The SMILES string of the molecule is Fc1ccc(F)c2c1nc(Cl)c1sc3cccc(F)c3c12. The summed E-state index contributed by atoms with van der Waals surface area (Å²) >= 11 is 7.28. The average molecular weight is 324 g/mol. The third-order valence-corrected chi connectivity index (χ3v) is 4.94. The molecule has 1 nitrogen and oxygen atoms in total. The molecule has 104 valence electrons. The fourth-order valence-electron chi connectivity index (χ4n) is 2.53. The maximum atomic E-state index is 14.2. The van der Waals surface area contributed by atoms with E-state index in [-0.39, 0.29) is 26.8 Å². The molecule has 0 unspecified atom stereocenters. The van der Waals surface area contributed by atoms with Crippen LogP contribution in [0.3, 0.4) is 0 Å². The lowest BCUT2D eigenvalue weighted by atomic mass is 10.1. The molecule has 0 spiro atoms. The predicted molar refractivity (Wildman–Crippen MR) is 79.5 cm³/mol. The van der Waals surface area contributed by atoms with Gasteiger partial charge in [-0.2, -0.15) is 0 Å². The van der Waals surface area contributed by atoms with Gasteiger partial charge in [-0.15, -0.1) is 11.3 Å². The quantitative estimate of drug-likeness (QED) is 0.380. The second-order valence-corrected chi connectivity index (χ2v) is 5.98. The first-order chi connectivity index (χ1) is 10.1. The van der Waals surface area contributed by atoms with E-state index >= 15 is 0 Å². The molecule has 0 amide bonds. The molecule has 0 fully saturated rings. The lowest BCUT2D eigenvalue weighted by Gasteiger charge is -2.04. The molecule has 2 heterocycles. The topological polar surface area (TPSA) is 12.9 Å². The number of thiophene rings is 1. The summed E-state index contributed by atoms with van der Waals surface area (Å²) in [6, 6.07) is 6.55. The third-order valence-electron chi connectivity index (χ3n) is 3.39. The van der Waals surface area contributed by atoms with Crippen molar-refractivity contribution in [2.45, 2.75) is 0 Å². The fourth-order valence-corrected chi connectivity index (χ4v) is 3.93. The summed E-state index contributed by atoms with van der Waals surface area (Å²) in [7, 11) is 0. The van der Waals surface area contributed by atoms with Crippen molar-refractivity contribution in [2.75, 3.05) is 0 Å². The number of hydrogen-bond acceptors (Lipinski definition) is 2. The molecule has 21 heavy (non-hydrogen) atoms. The highest BCUT2D eigenvalue weighted by Gasteiger charge is 2.20. The van der Waals surface area contributed by atoms with Gasteiger partial charge in [0, 0.05) is 20.9 Å². The number of benzene rings is 2. The molecule has 0 saturated carbocycles. The Morgan fingerprint density at radius 1 is 0.857 bits per heavy atom. The molecule has 2 aromatic carbocycles. The molecule has 0 atom stereocenters. The minimum Gasteiger partial charge on any atom is -0.231 e. The molecule has 0 saturated heterocycles. The summed E-state index contributed by atoms with van der Waals surface area (Å²) in [5, 5.41) is 0.532. The van der Waals surface area contributed by atoms with Gasteiger partial charge in [0.2, 0.25) is 0 Å². The second-order valence-electron chi connectivity index (χ2n) is 4.57. The molecule has 0 radical (unpaired) electrons. The third kappa shape index (κ3) is 1.68. The van der Waals surface area contributed by atoms with Crippen molar-refractivity contribution in [3.8, 4) is 0 Å². The minimum atomic E-state index is -0.689. The molecule has 0 aliphatic heterocycles. The Labute approximate surface area is 125 Å². The van der Waals surface area contributed by atoms with Crippen LogP contribution in [0.15, 0.2) is 30.3 Å². The number of hydrogen-bond donors (Lipinski definition) is 0. The van der Waals surface area contributed by atoms with Crippen molar-refractivity contribution in [2.24, 2.45) is 0 Å². The Hall–Kier alpha value is -1.85. The van der Waals surface area contributed by atoms with E-state index in [1.165, 1.54) is 17.4 Å². The van der Waals surface area contributed by atoms with Gasteiger partial charge in [0.05, 0.1) is 4.70 Å². The highest BCUT2D eigenvalue weighted by Crippen LogP contribution is 2.43. The van der Waals surface area contributed by atoms with Crippen LogP contribution < -0.4 is 0 Å². The van der Waals surface area contributed by atoms with E-state index in [0.717, 1.165) is 12.1 Å². The van der Waals surface area contributed by atoms with Gasteiger partial charge in [-0.3, -0.25) is 0 Å². The van der Waals surface area contributed by atoms with Gasteiger partial charge in [-0.1, -0.05) is 17.7 Å². The first kappa shape index (κ1) is 12.9. The zero-order valence-corrected chi connectivity index (χ0v) is 11.8. The Bertz CT molecular complexity index is 1040. The van der Waals surface area contributed by atoms with Crippen LogP contribution in [-0.4, -0.2) is 4.98 Å². The minimum absolute atomic E-state index is 0.0363. The lowest BCUT2D eigenvalue weighted by molar-refractivity contribution is 0.616. The summed E-state index contributed by atoms with van der Waals surface area (Å²) in [6.07, 6.45) is 0. The molecule has 0 N–H and O–H groups in total. The standard InChI is InChI=1S/C15H5ClF3NS/c16-15-14-12(10-6(17)2-1-3-9(10)21-14)11-7(18)4-5-8(19)13(11)20-15/h1-5H. The van der Waals surface area contributed by atoms with E-state index in [1.807, 2.05) is 0 Å². The fraction of sp³-hybridized carbons (Fsp3) is 0. The predicted octanol–water partition coefficient (Wildman–Crippen LogP) is 5.67. The maximum absolute atomic E-state index is 14.2. The van der Waals surface area contributed by atoms with E-state index in [4.69, 9.17) is 11.6 Å². The first-order valence-corrected chi connectivity index (χ1v) is 7.21. The van der Waals surface area contributed by atoms with Crippen LogP contribution in [0.25, 0.3) is 31.1 Å². The Kier molecular flexibility index (Phi) is 2.65. The van der Waals surface area contributed by atoms with Crippen molar-refractivity contribution in [1.29, 1.82) is 0 Å². The van der Waals surface area contributed by atoms with Crippen molar-refractivity contribution in [3.63, 3.8) is 0 Å². The average Bonchev–Trinajstić information content (AvgIpc) is 2.84. The van der Waals surface area contributed by atoms with Gasteiger partial charge in [0.1, 0.15) is 28.1 Å². The van der Waals surface area contributed by atoms with Crippen molar-refractivity contribution in [1.82, 2.24) is 4.98 Å². The summed E-state index contributed by atoms with van der Waals surface area (Å²) in [5.41, 5.74) is -0.185. The molecule has 0 aliphatic carbocycles. The number of rotatable bonds is 0. The molecule has 4 aromatic rings. The summed E-state index contributed by atoms with van der Waals surface area (Å²) in [6.45, 7) is 0. The monoisotopic (exact) mass is 323 g/mol. The van der Waals surface area contributed by atoms with Gasteiger partial charge in [0.15, 0.2) is 0 Å². The van der Waals surface area contributed by atoms with E-state index in [2.05, 4.69) is 4.98 Å². The number of halogens is 4. The second kappa shape index (κ2) is 4.32. The number of nitrogens with zero attached hydrogens (tertiary/aromatic N) is 1. The van der Waals surface area contributed by atoms with Crippen LogP contribution >= 0.6 is 22.9 Å². The summed E-state index contributed by atoms with van der Waals surface area (Å²) in [5.74, 6) is -1.83. The van der Waals surface area contributed by atoms with Crippen LogP contribution in [0, 0.1) is 17.5 Å². The van der Waals surface area contributed by atoms with Gasteiger partial charge in [0.25, 0.3) is 0 Å². The zero-order chi connectivity index (χ0) is 14.7. The van der Waals surface area contributed by atoms with Crippen LogP contribution in [0.1, 0.15) is 0 Å². The molecule has 0 aliphatic rings. The van der Waals surface area contributed by atoms with E-state index in [0.29, 0.717) is 9.40 Å². The van der Waals surface area contributed by atoms with Gasteiger partial charge >= 0.3 is 0 Å². The van der Waals surface area contributed by atoms with Crippen molar-refractivity contribution < 1.29 is 13.2 Å². The summed E-state index contributed by atoms with van der Waals surface area (Å²) < 4.78 is 43.3. The van der Waals surface area contributed by atoms with Crippen LogP contribution in [0.4, 0.5) is 13.2 Å². The Morgan fingerprint density at radius 2 is 1.57 bits per heavy atom. The van der Waals surface area contributed by atoms with Gasteiger partial charge < -0.3 is 0 Å². The molecule has 2 aromatic heterocycles. The van der Waals surface area contributed by atoms with E-state index in [9.17, 15) is 13.2 Å². The molecule has 6 heteroatoms. The number of fused-ring (bicyclic) bond motifs is 5. The highest BCUT2D eigenvalue weighted by molar-refractivity contribution is 7.26. The highest BCUT2D eigenvalue weighted by atomic mass is 35.5. The van der Waals surface area contributed by atoms with Crippen molar-refractivity contribution in [3.05, 3.63) is 52.9 Å². The van der Waals surface area contributed by atoms with E-state index < -0.39 is 17.5 Å². The molecular weight excluding hydrogens is 319 g/mol. The normalized spacial score (nSPS) is 11.8. The number of pyridine rings is 1. The van der Waals surface area contributed by atoms with Crippen molar-refractivity contribution >= 4 is 54.0 Å². The van der Waals surface area contributed by atoms with E-state index in [1.54, 1.807) is 12.1 Å². The van der Waals surface area contributed by atoms with Crippen LogP contribution in [0.2, 0.25) is 5.15 Å². The van der Waals surface area contributed by atoms with Crippen LogP contribution in [-0.2, 0) is 0 Å². The molecule has 4 rings (SSSR count). The van der Waals surface area contributed by atoms with Gasteiger partial charge in [-0.25, -0.2) is 18.2 Å². The maximum Gasteiger partial charge on any atom is 0.149 e. The zero-order valence-electron chi connectivity index (χ0n) is 10.3. The van der Waals surface area contributed by atoms with Gasteiger partial charge in [-0.05, 0) is 24.3 Å². The largest absolute Gasteiger partial charge is 0.231 e. The number of aromatic nitrogens is 1. The Morgan fingerprint density at radius 3 is 2.38 bits per heavy atom. The Balaban J connectivity index is 2.45. The smallest absolute Gasteiger partial charge is 0.149 e. The summed E-state index contributed by atoms with van der Waals surface area (Å²) in [4.78, 5) is 3.93. The lowest BCUT2D eigenvalue weighted by Crippen LogP contribution is -1.90. The molecule has 0 bridgehead atoms.